The van der Waals surface area contributed by atoms with Crippen molar-refractivity contribution in [2.45, 2.75) is 44.7 Å². The lowest BCUT2D eigenvalue weighted by Gasteiger charge is -2.25. The molecule has 0 aliphatic carbocycles. The van der Waals surface area contributed by atoms with Gasteiger partial charge in [0.05, 0.1) is 41.7 Å². The highest BCUT2D eigenvalue weighted by atomic mass is 32.2. The lowest BCUT2D eigenvalue weighted by Crippen LogP contribution is -2.40. The summed E-state index contributed by atoms with van der Waals surface area (Å²) >= 11 is 2.92. The van der Waals surface area contributed by atoms with Gasteiger partial charge >= 0.3 is 5.97 Å². The van der Waals surface area contributed by atoms with Crippen molar-refractivity contribution >= 4 is 35.1 Å². The van der Waals surface area contributed by atoms with Gasteiger partial charge in [0.2, 0.25) is 0 Å². The van der Waals surface area contributed by atoms with E-state index in [1.807, 2.05) is 55.6 Å². The Balaban J connectivity index is 1.89. The van der Waals surface area contributed by atoms with E-state index in [0.29, 0.717) is 38.7 Å². The fourth-order valence-electron chi connectivity index (χ4n) is 4.16. The summed E-state index contributed by atoms with van der Waals surface area (Å²) in [6.07, 6.45) is 3.51. The summed E-state index contributed by atoms with van der Waals surface area (Å²) in [6, 6.07) is 12.8. The van der Waals surface area contributed by atoms with E-state index in [1.54, 1.807) is 50.3 Å². The van der Waals surface area contributed by atoms with E-state index < -0.39 is 12.0 Å². The molecule has 4 rings (SSSR count). The number of aromatic nitrogens is 1. The minimum absolute atomic E-state index is 0.224. The van der Waals surface area contributed by atoms with Crippen molar-refractivity contribution in [2.75, 3.05) is 20.0 Å². The largest absolute Gasteiger partial charge is 0.493 e. The maximum atomic E-state index is 13.8. The summed E-state index contributed by atoms with van der Waals surface area (Å²) in [6.45, 7) is 7.82. The van der Waals surface area contributed by atoms with Crippen LogP contribution in [0.2, 0.25) is 0 Å². The molecule has 1 aliphatic heterocycles. The minimum Gasteiger partial charge on any atom is -0.493 e. The van der Waals surface area contributed by atoms with Crippen molar-refractivity contribution in [1.82, 2.24) is 4.57 Å². The van der Waals surface area contributed by atoms with Crippen LogP contribution < -0.4 is 24.4 Å². The number of nitrogens with zero attached hydrogens (tertiary/aromatic N) is 2. The number of methoxy groups -OCH3 is 1. The van der Waals surface area contributed by atoms with Gasteiger partial charge in [-0.15, -0.1) is 11.8 Å². The van der Waals surface area contributed by atoms with Crippen LogP contribution in [0.15, 0.2) is 68.4 Å². The number of esters is 1. The van der Waals surface area contributed by atoms with Crippen molar-refractivity contribution < 1.29 is 19.0 Å². The number of hydrogen-bond donors (Lipinski definition) is 0. The lowest BCUT2D eigenvalue weighted by molar-refractivity contribution is -0.143. The first-order valence-corrected chi connectivity index (χ1v) is 14.0. The van der Waals surface area contributed by atoms with E-state index in [1.165, 1.54) is 11.3 Å². The molecule has 2 aromatic carbocycles. The van der Waals surface area contributed by atoms with Gasteiger partial charge in [-0.05, 0) is 75.4 Å². The Bertz CT molecular complexity index is 1520. The van der Waals surface area contributed by atoms with Gasteiger partial charge in [-0.25, -0.2) is 9.79 Å². The van der Waals surface area contributed by atoms with Gasteiger partial charge in [0.1, 0.15) is 0 Å². The molecule has 0 spiro atoms. The Kier molecular flexibility index (Phi) is 8.24. The number of thioether (sulfide) groups is 1. The number of thiazole rings is 1. The minimum atomic E-state index is -0.643. The Morgan fingerprint density at radius 1 is 1.19 bits per heavy atom. The maximum absolute atomic E-state index is 13.8. The van der Waals surface area contributed by atoms with Crippen LogP contribution in [0.25, 0.3) is 6.08 Å². The summed E-state index contributed by atoms with van der Waals surface area (Å²) in [5, 5.41) is 0. The van der Waals surface area contributed by atoms with E-state index in [9.17, 15) is 9.59 Å². The third-order valence-electron chi connectivity index (χ3n) is 5.80. The van der Waals surface area contributed by atoms with E-state index in [4.69, 9.17) is 14.2 Å². The molecular formula is C28H30N2O5S2. The number of carbonyl (C=O) groups is 1. The third kappa shape index (κ3) is 5.52. The zero-order valence-electron chi connectivity index (χ0n) is 21.7. The predicted molar refractivity (Wildman–Crippen MR) is 147 cm³/mol. The van der Waals surface area contributed by atoms with Crippen LogP contribution in [0.5, 0.6) is 11.5 Å². The topological polar surface area (TPSA) is 79.1 Å². The van der Waals surface area contributed by atoms with Crippen LogP contribution in [0.3, 0.4) is 0 Å². The van der Waals surface area contributed by atoms with Gasteiger partial charge in [0.15, 0.2) is 16.3 Å². The summed E-state index contributed by atoms with van der Waals surface area (Å²) in [5.41, 5.74) is 2.30. The summed E-state index contributed by atoms with van der Waals surface area (Å²) < 4.78 is 18.7. The molecule has 1 atom stereocenters. The monoisotopic (exact) mass is 538 g/mol. The fourth-order valence-corrected chi connectivity index (χ4v) is 5.62. The molecule has 9 heteroatoms. The molecule has 194 valence electrons. The quantitative estimate of drug-likeness (QED) is 0.314. The zero-order chi connectivity index (χ0) is 26.7. The van der Waals surface area contributed by atoms with Crippen LogP contribution in [0.4, 0.5) is 0 Å². The van der Waals surface area contributed by atoms with E-state index in [-0.39, 0.29) is 11.7 Å². The Morgan fingerprint density at radius 2 is 1.92 bits per heavy atom. The first-order chi connectivity index (χ1) is 17.8. The second-order valence-electron chi connectivity index (χ2n) is 8.65. The number of benzene rings is 2. The number of allylic oxidation sites excluding steroid dienone is 1. The summed E-state index contributed by atoms with van der Waals surface area (Å²) in [7, 11) is 1.58. The van der Waals surface area contributed by atoms with Crippen molar-refractivity contribution in [2.24, 2.45) is 4.99 Å². The number of ether oxygens (including phenoxy) is 3. The SMILES string of the molecule is CCOc1ccc(/C=c2\sc3n(c2=O)[C@H](c2ccc(SC)cc2)C(C(=O)OC(C)C)=C(C)N=3)cc1OC. The molecule has 0 fully saturated rings. The number of carbonyl (C=O) groups excluding carboxylic acids is 1. The first kappa shape index (κ1) is 26.8. The van der Waals surface area contributed by atoms with Crippen LogP contribution in [0, 0.1) is 0 Å². The second kappa shape index (κ2) is 11.4. The van der Waals surface area contributed by atoms with E-state index in [2.05, 4.69) is 4.99 Å². The molecule has 1 aromatic heterocycles. The zero-order valence-corrected chi connectivity index (χ0v) is 23.4. The molecule has 0 bridgehead atoms. The van der Waals surface area contributed by atoms with Crippen LogP contribution >= 0.6 is 23.1 Å². The molecule has 2 heterocycles. The molecular weight excluding hydrogens is 508 g/mol. The van der Waals surface area contributed by atoms with Crippen LogP contribution in [0.1, 0.15) is 44.9 Å². The molecule has 37 heavy (non-hydrogen) atoms. The van der Waals surface area contributed by atoms with Gasteiger partial charge in [0.25, 0.3) is 5.56 Å². The van der Waals surface area contributed by atoms with Crippen LogP contribution in [-0.2, 0) is 9.53 Å². The van der Waals surface area contributed by atoms with Gasteiger partial charge in [-0.3, -0.25) is 9.36 Å². The molecule has 0 saturated carbocycles. The first-order valence-electron chi connectivity index (χ1n) is 12.0. The summed E-state index contributed by atoms with van der Waals surface area (Å²) in [4.78, 5) is 33.3. The average molecular weight is 539 g/mol. The molecule has 0 radical (unpaired) electrons. The van der Waals surface area contributed by atoms with Crippen molar-refractivity contribution in [3.8, 4) is 11.5 Å². The van der Waals surface area contributed by atoms with Crippen molar-refractivity contribution in [3.05, 3.63) is 84.5 Å². The second-order valence-corrected chi connectivity index (χ2v) is 10.5. The summed E-state index contributed by atoms with van der Waals surface area (Å²) in [5.74, 6) is 0.756. The molecule has 3 aromatic rings. The molecule has 0 unspecified atom stereocenters. The Labute approximate surface area is 224 Å². The smallest absolute Gasteiger partial charge is 0.338 e. The molecule has 1 aliphatic rings. The highest BCUT2D eigenvalue weighted by Crippen LogP contribution is 2.32. The van der Waals surface area contributed by atoms with Crippen LogP contribution in [-0.4, -0.2) is 36.6 Å². The molecule has 7 nitrogen and oxygen atoms in total. The standard InChI is InChI=1S/C28H30N2O5S2/c1-7-34-21-13-8-18(14-22(21)33-5)15-23-26(31)30-25(19-9-11-20(36-6)12-10-19)24(27(32)35-16(2)3)17(4)29-28(30)37-23/h8-16,25H,7H2,1-6H3/b23-15-/t25-/m1/s1. The maximum Gasteiger partial charge on any atom is 0.338 e. The van der Waals surface area contributed by atoms with Gasteiger partial charge in [-0.2, -0.15) is 0 Å². The number of rotatable bonds is 8. The van der Waals surface area contributed by atoms with Gasteiger partial charge in [-0.1, -0.05) is 29.5 Å². The highest BCUT2D eigenvalue weighted by Gasteiger charge is 2.33. The van der Waals surface area contributed by atoms with E-state index in [0.717, 1.165) is 16.0 Å². The van der Waals surface area contributed by atoms with E-state index >= 15 is 0 Å². The lowest BCUT2D eigenvalue weighted by atomic mass is 9.96. The molecule has 0 amide bonds. The number of hydrogen-bond acceptors (Lipinski definition) is 8. The van der Waals surface area contributed by atoms with Crippen molar-refractivity contribution in [1.29, 1.82) is 0 Å². The normalized spacial score (nSPS) is 15.4. The van der Waals surface area contributed by atoms with Gasteiger partial charge < -0.3 is 14.2 Å². The molecule has 0 saturated heterocycles. The van der Waals surface area contributed by atoms with Gasteiger partial charge in [0, 0.05) is 4.90 Å². The average Bonchev–Trinajstić information content (AvgIpc) is 3.17. The van der Waals surface area contributed by atoms with Crippen molar-refractivity contribution in [3.63, 3.8) is 0 Å². The fraction of sp³-hybridized carbons (Fsp3) is 0.321. The Morgan fingerprint density at radius 3 is 2.54 bits per heavy atom. The third-order valence-corrected chi connectivity index (χ3v) is 7.53. The number of fused-ring (bicyclic) bond motifs is 1. The molecule has 0 N–H and O–H groups in total. The predicted octanol–water partition coefficient (Wildman–Crippen LogP) is 4.32. The Hall–Kier alpha value is -3.30. The highest BCUT2D eigenvalue weighted by molar-refractivity contribution is 7.98.